The Bertz CT molecular complexity index is 760. The van der Waals surface area contributed by atoms with Crippen molar-refractivity contribution in [3.05, 3.63) is 34.5 Å². The Labute approximate surface area is 162 Å². The van der Waals surface area contributed by atoms with Gasteiger partial charge < -0.3 is 28.7 Å². The second-order valence-corrected chi connectivity index (χ2v) is 6.38. The molecule has 146 valence electrons. The number of ether oxygens (including phenoxy) is 4. The number of hydrogen-bond acceptors (Lipinski definition) is 8. The van der Waals surface area contributed by atoms with Crippen molar-refractivity contribution in [3.63, 3.8) is 0 Å². The third-order valence-corrected chi connectivity index (χ3v) is 4.65. The van der Waals surface area contributed by atoms with Crippen molar-refractivity contribution >= 4 is 34.9 Å². The predicted molar refractivity (Wildman–Crippen MR) is 98.8 cm³/mol. The van der Waals surface area contributed by atoms with Gasteiger partial charge in [-0.05, 0) is 18.2 Å². The highest BCUT2D eigenvalue weighted by Crippen LogP contribution is 2.37. The molecule has 2 heterocycles. The normalized spacial score (nSPS) is 17.7. The molecule has 0 spiro atoms. The Hall–Kier alpha value is -2.29. The van der Waals surface area contributed by atoms with Crippen molar-refractivity contribution in [2.45, 2.75) is 0 Å². The lowest BCUT2D eigenvalue weighted by molar-refractivity contribution is -0.140. The molecule has 27 heavy (non-hydrogen) atoms. The summed E-state index contributed by atoms with van der Waals surface area (Å²) < 4.78 is 20.7. The van der Waals surface area contributed by atoms with Gasteiger partial charge in [0.15, 0.2) is 0 Å². The number of benzene rings is 1. The van der Waals surface area contributed by atoms with Crippen LogP contribution in [0.1, 0.15) is 0 Å². The quantitative estimate of drug-likeness (QED) is 0.710. The Morgan fingerprint density at radius 1 is 1.04 bits per heavy atom. The minimum absolute atomic E-state index is 0.0406. The maximum atomic E-state index is 12.5. The van der Waals surface area contributed by atoms with Gasteiger partial charge in [-0.25, -0.2) is 9.59 Å². The van der Waals surface area contributed by atoms with Crippen LogP contribution in [0.5, 0.6) is 0 Å². The SMILES string of the molecule is COC(=O)C1=C(C(=O)OC)N(c2cc(Cl)ccc2N2CCOCC2)COC1. The van der Waals surface area contributed by atoms with E-state index in [4.69, 9.17) is 30.5 Å². The highest BCUT2D eigenvalue weighted by Gasteiger charge is 2.34. The lowest BCUT2D eigenvalue weighted by Crippen LogP contribution is -2.41. The summed E-state index contributed by atoms with van der Waals surface area (Å²) in [5.41, 5.74) is 1.70. The van der Waals surface area contributed by atoms with E-state index in [0.29, 0.717) is 37.0 Å². The van der Waals surface area contributed by atoms with Gasteiger partial charge in [0.25, 0.3) is 0 Å². The van der Waals surface area contributed by atoms with Crippen LogP contribution < -0.4 is 9.80 Å². The molecule has 0 radical (unpaired) electrons. The molecule has 1 aromatic carbocycles. The third-order valence-electron chi connectivity index (χ3n) is 4.41. The van der Waals surface area contributed by atoms with Gasteiger partial charge in [-0.3, -0.25) is 0 Å². The number of hydrogen-bond donors (Lipinski definition) is 0. The van der Waals surface area contributed by atoms with E-state index >= 15 is 0 Å². The first-order valence-electron chi connectivity index (χ1n) is 8.44. The van der Waals surface area contributed by atoms with Crippen molar-refractivity contribution < 1.29 is 28.5 Å². The Morgan fingerprint density at radius 2 is 1.74 bits per heavy atom. The molecule has 9 heteroatoms. The van der Waals surface area contributed by atoms with Crippen molar-refractivity contribution in [2.24, 2.45) is 0 Å². The number of methoxy groups -OCH3 is 2. The van der Waals surface area contributed by atoms with Gasteiger partial charge in [0.2, 0.25) is 0 Å². The standard InChI is InChI=1S/C18H21ClN2O6/c1-24-17(22)13-10-27-11-21(16(13)18(23)25-2)15-9-12(19)3-4-14(15)20-5-7-26-8-6-20/h3-4,9H,5-8,10-11H2,1-2H3. The fourth-order valence-corrected chi connectivity index (χ4v) is 3.28. The summed E-state index contributed by atoms with van der Waals surface area (Å²) in [5.74, 6) is -1.29. The molecular formula is C18H21ClN2O6. The van der Waals surface area contributed by atoms with E-state index < -0.39 is 11.9 Å². The third kappa shape index (κ3) is 4.02. The summed E-state index contributed by atoms with van der Waals surface area (Å²) in [7, 11) is 2.51. The first kappa shape index (κ1) is 19.5. The molecule has 0 bridgehead atoms. The molecule has 0 amide bonds. The van der Waals surface area contributed by atoms with E-state index in [0.717, 1.165) is 5.69 Å². The summed E-state index contributed by atoms with van der Waals surface area (Å²) >= 11 is 6.23. The largest absolute Gasteiger partial charge is 0.466 e. The zero-order chi connectivity index (χ0) is 19.4. The smallest absolute Gasteiger partial charge is 0.355 e. The average Bonchev–Trinajstić information content (AvgIpc) is 2.72. The Morgan fingerprint density at radius 3 is 2.41 bits per heavy atom. The predicted octanol–water partition coefficient (Wildman–Crippen LogP) is 1.57. The molecule has 0 atom stereocenters. The summed E-state index contributed by atoms with van der Waals surface area (Å²) in [6, 6.07) is 5.40. The number of anilines is 2. The molecule has 0 saturated carbocycles. The minimum atomic E-state index is -0.647. The summed E-state index contributed by atoms with van der Waals surface area (Å²) in [6.07, 6.45) is 0. The molecule has 2 aliphatic heterocycles. The van der Waals surface area contributed by atoms with Gasteiger partial charge >= 0.3 is 11.9 Å². The Balaban J connectivity index is 2.11. The molecule has 0 N–H and O–H groups in total. The molecule has 1 aromatic rings. The number of rotatable bonds is 4. The van der Waals surface area contributed by atoms with Gasteiger partial charge in [0, 0.05) is 18.1 Å². The summed E-state index contributed by atoms with van der Waals surface area (Å²) in [6.45, 7) is 2.63. The van der Waals surface area contributed by atoms with E-state index in [-0.39, 0.29) is 24.6 Å². The van der Waals surface area contributed by atoms with Crippen LogP contribution in [0.15, 0.2) is 29.5 Å². The van der Waals surface area contributed by atoms with E-state index in [9.17, 15) is 9.59 Å². The highest BCUT2D eigenvalue weighted by molar-refractivity contribution is 6.31. The zero-order valence-corrected chi connectivity index (χ0v) is 16.0. The van der Waals surface area contributed by atoms with Crippen LogP contribution in [0.2, 0.25) is 5.02 Å². The monoisotopic (exact) mass is 396 g/mol. The van der Waals surface area contributed by atoms with Crippen molar-refractivity contribution in [2.75, 3.05) is 63.7 Å². The second-order valence-electron chi connectivity index (χ2n) is 5.95. The van der Waals surface area contributed by atoms with Crippen LogP contribution in [-0.2, 0) is 28.5 Å². The first-order chi connectivity index (χ1) is 13.1. The lowest BCUT2D eigenvalue weighted by Gasteiger charge is -2.36. The number of carbonyl (C=O) groups is 2. The molecule has 8 nitrogen and oxygen atoms in total. The van der Waals surface area contributed by atoms with Crippen LogP contribution in [-0.4, -0.2) is 65.8 Å². The Kier molecular flexibility index (Phi) is 6.20. The van der Waals surface area contributed by atoms with Gasteiger partial charge in [-0.1, -0.05) is 11.6 Å². The van der Waals surface area contributed by atoms with E-state index in [1.807, 2.05) is 6.07 Å². The lowest BCUT2D eigenvalue weighted by atomic mass is 10.1. The molecule has 0 unspecified atom stereocenters. The van der Waals surface area contributed by atoms with Crippen molar-refractivity contribution in [3.8, 4) is 0 Å². The maximum absolute atomic E-state index is 12.5. The molecule has 0 aromatic heterocycles. The number of carbonyl (C=O) groups excluding carboxylic acids is 2. The highest BCUT2D eigenvalue weighted by atomic mass is 35.5. The van der Waals surface area contributed by atoms with E-state index in [1.165, 1.54) is 14.2 Å². The zero-order valence-electron chi connectivity index (χ0n) is 15.2. The van der Waals surface area contributed by atoms with Crippen molar-refractivity contribution in [1.29, 1.82) is 0 Å². The number of esters is 2. The number of morpholine rings is 1. The van der Waals surface area contributed by atoms with E-state index in [1.54, 1.807) is 17.0 Å². The van der Waals surface area contributed by atoms with Crippen LogP contribution in [0.4, 0.5) is 11.4 Å². The van der Waals surface area contributed by atoms with Crippen LogP contribution in [0.3, 0.4) is 0 Å². The molecular weight excluding hydrogens is 376 g/mol. The molecule has 1 saturated heterocycles. The van der Waals surface area contributed by atoms with Crippen LogP contribution in [0, 0.1) is 0 Å². The first-order valence-corrected chi connectivity index (χ1v) is 8.82. The fourth-order valence-electron chi connectivity index (χ4n) is 3.12. The van der Waals surface area contributed by atoms with E-state index in [2.05, 4.69) is 4.90 Å². The molecule has 0 aliphatic carbocycles. The van der Waals surface area contributed by atoms with Gasteiger partial charge in [-0.2, -0.15) is 0 Å². The van der Waals surface area contributed by atoms with Crippen LogP contribution >= 0.6 is 11.6 Å². The van der Waals surface area contributed by atoms with Crippen molar-refractivity contribution in [1.82, 2.24) is 0 Å². The second kappa shape index (κ2) is 8.60. The van der Waals surface area contributed by atoms with Crippen LogP contribution in [0.25, 0.3) is 0 Å². The number of halogens is 1. The molecule has 1 fully saturated rings. The topological polar surface area (TPSA) is 77.5 Å². The average molecular weight is 397 g/mol. The number of nitrogens with zero attached hydrogens (tertiary/aromatic N) is 2. The fraction of sp³-hybridized carbons (Fsp3) is 0.444. The maximum Gasteiger partial charge on any atom is 0.355 e. The molecule has 2 aliphatic rings. The summed E-state index contributed by atoms with van der Waals surface area (Å²) in [5, 5.41) is 0.497. The van der Waals surface area contributed by atoms with Gasteiger partial charge in [-0.15, -0.1) is 0 Å². The molecule has 3 rings (SSSR count). The summed E-state index contributed by atoms with van der Waals surface area (Å²) in [4.78, 5) is 28.4. The van der Waals surface area contributed by atoms with Gasteiger partial charge in [0.1, 0.15) is 12.4 Å². The van der Waals surface area contributed by atoms with Gasteiger partial charge in [0.05, 0.1) is 51.0 Å². The minimum Gasteiger partial charge on any atom is -0.466 e.